The van der Waals surface area contributed by atoms with E-state index in [1.165, 1.54) is 0 Å². The molecular formula is C19H16ClN3O. The van der Waals surface area contributed by atoms with Crippen LogP contribution in [0.3, 0.4) is 0 Å². The summed E-state index contributed by atoms with van der Waals surface area (Å²) in [5.41, 5.74) is 2.37. The Labute approximate surface area is 145 Å². The minimum absolute atomic E-state index is 0.194. The zero-order chi connectivity index (χ0) is 16.9. The van der Waals surface area contributed by atoms with E-state index < -0.39 is 0 Å². The maximum absolute atomic E-state index is 12.2. The molecule has 1 aromatic heterocycles. The van der Waals surface area contributed by atoms with Gasteiger partial charge in [0.1, 0.15) is 5.82 Å². The van der Waals surface area contributed by atoms with Crippen molar-refractivity contribution in [2.75, 3.05) is 6.54 Å². The van der Waals surface area contributed by atoms with Crippen molar-refractivity contribution in [3.05, 3.63) is 64.9 Å². The number of fused-ring (bicyclic) bond motifs is 1. The molecule has 0 aliphatic rings. The summed E-state index contributed by atoms with van der Waals surface area (Å²) in [7, 11) is 0. The van der Waals surface area contributed by atoms with Gasteiger partial charge < -0.3 is 9.88 Å². The molecule has 0 fully saturated rings. The fourth-order valence-corrected chi connectivity index (χ4v) is 2.83. The smallest absolute Gasteiger partial charge is 0.252 e. The molecule has 0 aliphatic carbocycles. The molecule has 1 N–H and O–H groups in total. The first-order valence-electron chi connectivity index (χ1n) is 7.61. The number of nitrogens with one attached hydrogen (secondary N) is 1. The first-order valence-corrected chi connectivity index (χ1v) is 7.99. The van der Waals surface area contributed by atoms with Gasteiger partial charge in [-0.25, -0.2) is 4.98 Å². The predicted octanol–water partition coefficient (Wildman–Crippen LogP) is 3.30. The van der Waals surface area contributed by atoms with Crippen molar-refractivity contribution in [2.24, 2.45) is 0 Å². The largest absolute Gasteiger partial charge is 0.352 e. The van der Waals surface area contributed by atoms with Crippen molar-refractivity contribution in [2.45, 2.75) is 13.0 Å². The van der Waals surface area contributed by atoms with Gasteiger partial charge in [0, 0.05) is 13.0 Å². The summed E-state index contributed by atoms with van der Waals surface area (Å²) >= 11 is 6.04. The van der Waals surface area contributed by atoms with Crippen molar-refractivity contribution in [3.63, 3.8) is 0 Å². The molecule has 5 heteroatoms. The molecule has 3 aromatic rings. The molecule has 4 nitrogen and oxygen atoms in total. The van der Waals surface area contributed by atoms with Crippen molar-refractivity contribution < 1.29 is 4.79 Å². The zero-order valence-electron chi connectivity index (χ0n) is 13.0. The fraction of sp³-hybridized carbons (Fsp3) is 0.158. The fourth-order valence-electron chi connectivity index (χ4n) is 2.61. The second-order valence-electron chi connectivity index (χ2n) is 5.29. The van der Waals surface area contributed by atoms with Gasteiger partial charge in [-0.1, -0.05) is 41.8 Å². The summed E-state index contributed by atoms with van der Waals surface area (Å²) in [5.74, 6) is 3.31. The monoisotopic (exact) mass is 337 g/mol. The van der Waals surface area contributed by atoms with Gasteiger partial charge in [-0.2, -0.15) is 0 Å². The number of terminal acetylenes is 1. The van der Waals surface area contributed by atoms with E-state index in [1.54, 1.807) is 24.3 Å². The Hall–Kier alpha value is -2.77. The first kappa shape index (κ1) is 16.1. The summed E-state index contributed by atoms with van der Waals surface area (Å²) in [4.78, 5) is 16.8. The van der Waals surface area contributed by atoms with E-state index in [0.717, 1.165) is 16.9 Å². The van der Waals surface area contributed by atoms with E-state index in [1.807, 2.05) is 28.8 Å². The highest BCUT2D eigenvalue weighted by Crippen LogP contribution is 2.17. The van der Waals surface area contributed by atoms with Crippen LogP contribution in [0.2, 0.25) is 5.02 Å². The first-order chi connectivity index (χ1) is 11.7. The molecule has 24 heavy (non-hydrogen) atoms. The molecule has 0 saturated heterocycles. The summed E-state index contributed by atoms with van der Waals surface area (Å²) < 4.78 is 2.00. The normalized spacial score (nSPS) is 10.5. The summed E-state index contributed by atoms with van der Waals surface area (Å²) in [5, 5.41) is 3.31. The highest BCUT2D eigenvalue weighted by atomic mass is 35.5. The predicted molar refractivity (Wildman–Crippen MR) is 96.1 cm³/mol. The molecule has 120 valence electrons. The minimum Gasteiger partial charge on any atom is -0.352 e. The molecule has 3 rings (SSSR count). The average molecular weight is 338 g/mol. The van der Waals surface area contributed by atoms with Gasteiger partial charge in [0.25, 0.3) is 5.91 Å². The summed E-state index contributed by atoms with van der Waals surface area (Å²) in [6, 6.07) is 14.8. The summed E-state index contributed by atoms with van der Waals surface area (Å²) in [6.45, 7) is 0.909. The van der Waals surface area contributed by atoms with E-state index >= 15 is 0 Å². The Morgan fingerprint density at radius 2 is 1.96 bits per heavy atom. The number of halogens is 1. The molecule has 1 amide bonds. The van der Waals surface area contributed by atoms with E-state index in [0.29, 0.717) is 30.1 Å². The van der Waals surface area contributed by atoms with E-state index in [9.17, 15) is 4.79 Å². The highest BCUT2D eigenvalue weighted by molar-refractivity contribution is 6.33. The SMILES string of the molecule is C#CCn1c(CCNC(=O)c2ccccc2Cl)nc2ccccc21. The van der Waals surface area contributed by atoms with Crippen LogP contribution in [0.4, 0.5) is 0 Å². The zero-order valence-corrected chi connectivity index (χ0v) is 13.8. The van der Waals surface area contributed by atoms with Crippen LogP contribution in [0.1, 0.15) is 16.2 Å². The minimum atomic E-state index is -0.194. The quantitative estimate of drug-likeness (QED) is 0.726. The number of carbonyl (C=O) groups is 1. The average Bonchev–Trinajstić information content (AvgIpc) is 2.93. The van der Waals surface area contributed by atoms with Crippen LogP contribution in [0, 0.1) is 12.3 Å². The Morgan fingerprint density at radius 1 is 1.21 bits per heavy atom. The number of imidazole rings is 1. The van der Waals surface area contributed by atoms with Crippen LogP contribution in [-0.4, -0.2) is 22.0 Å². The second kappa shape index (κ2) is 7.20. The number of benzene rings is 2. The lowest BCUT2D eigenvalue weighted by Gasteiger charge is -2.08. The molecule has 0 bridgehead atoms. The molecule has 2 aromatic carbocycles. The van der Waals surface area contributed by atoms with Gasteiger partial charge in [-0.3, -0.25) is 4.79 Å². The second-order valence-corrected chi connectivity index (χ2v) is 5.70. The van der Waals surface area contributed by atoms with Crippen molar-refractivity contribution in [1.82, 2.24) is 14.9 Å². The number of carbonyl (C=O) groups excluding carboxylic acids is 1. The number of nitrogens with zero attached hydrogens (tertiary/aromatic N) is 2. The lowest BCUT2D eigenvalue weighted by molar-refractivity contribution is 0.0954. The number of aromatic nitrogens is 2. The molecule has 0 spiro atoms. The number of hydrogen-bond acceptors (Lipinski definition) is 2. The van der Waals surface area contributed by atoms with Crippen molar-refractivity contribution >= 4 is 28.5 Å². The lowest BCUT2D eigenvalue weighted by atomic mass is 10.2. The molecule has 1 heterocycles. The van der Waals surface area contributed by atoms with Crippen LogP contribution in [0.15, 0.2) is 48.5 Å². The Kier molecular flexibility index (Phi) is 4.83. The molecule has 0 saturated carbocycles. The van der Waals surface area contributed by atoms with Gasteiger partial charge in [-0.15, -0.1) is 6.42 Å². The van der Waals surface area contributed by atoms with E-state index in [2.05, 4.69) is 16.2 Å². The maximum Gasteiger partial charge on any atom is 0.252 e. The Morgan fingerprint density at radius 3 is 2.75 bits per heavy atom. The Bertz CT molecular complexity index is 924. The van der Waals surface area contributed by atoms with Crippen LogP contribution in [-0.2, 0) is 13.0 Å². The maximum atomic E-state index is 12.2. The van der Waals surface area contributed by atoms with Gasteiger partial charge in [0.2, 0.25) is 0 Å². The van der Waals surface area contributed by atoms with Crippen LogP contribution >= 0.6 is 11.6 Å². The molecule has 0 radical (unpaired) electrons. The van der Waals surface area contributed by atoms with Crippen molar-refractivity contribution in [1.29, 1.82) is 0 Å². The third kappa shape index (κ3) is 3.27. The third-order valence-corrected chi connectivity index (χ3v) is 4.07. The van der Waals surface area contributed by atoms with Gasteiger partial charge in [-0.05, 0) is 24.3 Å². The van der Waals surface area contributed by atoms with E-state index in [4.69, 9.17) is 18.0 Å². The van der Waals surface area contributed by atoms with Crippen LogP contribution in [0.5, 0.6) is 0 Å². The number of amides is 1. The highest BCUT2D eigenvalue weighted by Gasteiger charge is 2.12. The third-order valence-electron chi connectivity index (χ3n) is 3.74. The molecular weight excluding hydrogens is 322 g/mol. The Balaban J connectivity index is 1.72. The summed E-state index contributed by atoms with van der Waals surface area (Å²) in [6.07, 6.45) is 6.06. The molecule has 0 atom stereocenters. The topological polar surface area (TPSA) is 46.9 Å². The van der Waals surface area contributed by atoms with Gasteiger partial charge >= 0.3 is 0 Å². The standard InChI is InChI=1S/C19H16ClN3O/c1-2-13-23-17-10-6-5-9-16(17)22-18(23)11-12-21-19(24)14-7-3-4-8-15(14)20/h1,3-10H,11-13H2,(H,21,24). The van der Waals surface area contributed by atoms with Crippen LogP contribution < -0.4 is 5.32 Å². The van der Waals surface area contributed by atoms with Gasteiger partial charge in [0.05, 0.1) is 28.2 Å². The number of rotatable bonds is 5. The number of hydrogen-bond donors (Lipinski definition) is 1. The van der Waals surface area contributed by atoms with Gasteiger partial charge in [0.15, 0.2) is 0 Å². The van der Waals surface area contributed by atoms with Crippen LogP contribution in [0.25, 0.3) is 11.0 Å². The van der Waals surface area contributed by atoms with E-state index in [-0.39, 0.29) is 5.91 Å². The van der Waals surface area contributed by atoms with Crippen molar-refractivity contribution in [3.8, 4) is 12.3 Å². The lowest BCUT2D eigenvalue weighted by Crippen LogP contribution is -2.26. The molecule has 0 unspecified atom stereocenters. The molecule has 0 aliphatic heterocycles. The number of para-hydroxylation sites is 2.